The van der Waals surface area contributed by atoms with Crippen molar-refractivity contribution in [2.45, 2.75) is 50.4 Å². The van der Waals surface area contributed by atoms with Crippen LogP contribution in [0.4, 0.5) is 52.7 Å². The van der Waals surface area contributed by atoms with Crippen molar-refractivity contribution < 1.29 is 138 Å². The van der Waals surface area contributed by atoms with Gasteiger partial charge in [-0.1, -0.05) is 24.3 Å². The Morgan fingerprint density at radius 1 is 0.538 bits per heavy atom. The number of alkyl halides is 12. The van der Waals surface area contributed by atoms with Crippen LogP contribution in [-0.4, -0.2) is 81.9 Å². The minimum Gasteiger partial charge on any atom is -1.00 e. The van der Waals surface area contributed by atoms with E-state index in [2.05, 4.69) is 24.7 Å². The van der Waals surface area contributed by atoms with Crippen molar-refractivity contribution >= 4 is 76.4 Å². The molecule has 0 saturated carbocycles. The van der Waals surface area contributed by atoms with Crippen molar-refractivity contribution in [1.29, 1.82) is 5.26 Å². The molecule has 0 aliphatic carbocycles. The molecule has 4 heterocycles. The number of rotatable bonds is 7. The van der Waals surface area contributed by atoms with Crippen molar-refractivity contribution in [3.05, 3.63) is 166 Å². The Bertz CT molecular complexity index is 3270. The molecule has 78 heavy (non-hydrogen) atoms. The molecule has 0 aliphatic heterocycles. The molecule has 12 nitrogen and oxygen atoms in total. The van der Waals surface area contributed by atoms with Crippen molar-refractivity contribution in [2.75, 3.05) is 20.8 Å². The molecular formula is C50H42BClF12LiN5NaO7. The fraction of sp³-hybridized carbons (Fsp3) is 0.220. The predicted octanol–water partition coefficient (Wildman–Crippen LogP) is 5.55. The summed E-state index contributed by atoms with van der Waals surface area (Å²) in [7, 11) is 2.26. The van der Waals surface area contributed by atoms with E-state index in [0.29, 0.717) is 72.8 Å². The standard InChI is InChI=1S/C13H10F3NO2.C12H7F3N2.C12H8F3NO2.C12H10F3NO.CH4O.B.ClH.Li.Na.H2O.H/c1-19-12(18)7-10-4-2-8-6-9(13(14,15)16)3-5-11(8)17-10;13-12(14,15)9-2-4-11-8(7-9)1-3-10(17-11)5-6-16;13-12(14,15)8-2-4-10-7(5-8)1-3-9(16-10)6-11(17)18;13-12(14,15)9-2-4-11-8(7-9)1-3-10(16-11)5-6-17;1-2;;;;;;/h2-6H,7H2,1H3;1-4,7H,5H2;1-5H,6H2,(H,17,18);1-4,7,17H,5-6H2;2H,1H3;;1H;;;1H2;/q;;;;;;;2*+1;;-1/p-1. The van der Waals surface area contributed by atoms with Crippen LogP contribution in [0.25, 0.3) is 43.6 Å². The number of aliphatic carboxylic acids is 1. The first-order valence-electron chi connectivity index (χ1n) is 20.9. The van der Waals surface area contributed by atoms with Crippen LogP contribution in [0.15, 0.2) is 121 Å². The maximum Gasteiger partial charge on any atom is 1.00 e. The first-order valence-corrected chi connectivity index (χ1v) is 20.9. The van der Waals surface area contributed by atoms with Crippen molar-refractivity contribution in [3.63, 3.8) is 0 Å². The van der Waals surface area contributed by atoms with Crippen LogP contribution in [0.3, 0.4) is 0 Å². The number of hydrogen-bond donors (Lipinski definition) is 3. The Morgan fingerprint density at radius 3 is 1.10 bits per heavy atom. The number of pyridine rings is 4. The number of carboxylic acid groups (broad SMARTS) is 1. The number of carboxylic acids is 1. The summed E-state index contributed by atoms with van der Waals surface area (Å²) >= 11 is 0. The van der Waals surface area contributed by atoms with Crippen LogP contribution in [0.2, 0.25) is 0 Å². The third kappa shape index (κ3) is 22.4. The minimum atomic E-state index is -4.39. The zero-order chi connectivity index (χ0) is 54.3. The smallest absolute Gasteiger partial charge is 1.00 e. The number of carbonyl (C=O) groups is 2. The minimum absolute atomic E-state index is 0. The predicted molar refractivity (Wildman–Crippen MR) is 258 cm³/mol. The normalized spacial score (nSPS) is 10.7. The number of halogens is 13. The molecule has 0 fully saturated rings. The number of ether oxygens (including phenoxy) is 1. The molecule has 4 aromatic carbocycles. The summed E-state index contributed by atoms with van der Waals surface area (Å²) in [5.74, 6) is -1.48. The summed E-state index contributed by atoms with van der Waals surface area (Å²) in [6.07, 6.45) is -17.2. The molecule has 0 unspecified atom stereocenters. The molecule has 405 valence electrons. The maximum atomic E-state index is 12.5. The fourth-order valence-corrected chi connectivity index (χ4v) is 6.38. The van der Waals surface area contributed by atoms with E-state index in [1.807, 2.05) is 6.07 Å². The van der Waals surface area contributed by atoms with Gasteiger partial charge in [0.15, 0.2) is 0 Å². The van der Waals surface area contributed by atoms with E-state index in [4.69, 9.17) is 20.6 Å². The number of aliphatic hydroxyl groups is 2. The van der Waals surface area contributed by atoms with Gasteiger partial charge in [-0.3, -0.25) is 29.5 Å². The molecule has 0 saturated heterocycles. The molecule has 0 atom stereocenters. The third-order valence-electron chi connectivity index (χ3n) is 9.81. The van der Waals surface area contributed by atoms with Crippen molar-refractivity contribution in [1.82, 2.24) is 19.9 Å². The van der Waals surface area contributed by atoms with E-state index >= 15 is 0 Å². The van der Waals surface area contributed by atoms with Gasteiger partial charge in [-0.05, 0) is 97.1 Å². The molecule has 4 aromatic heterocycles. The van der Waals surface area contributed by atoms with E-state index in [9.17, 15) is 62.3 Å². The SMILES string of the molecule is CO.COC(=O)Cc1ccc2cc(C(F)(F)F)ccc2n1.Cl.N#CCc1ccc2cc(C(F)(F)F)ccc2n1.O=C(O)Cc1ccc2cc(C(F)(F)F)ccc2n1.OCCc1ccc2cc(C(F)(F)F)ccc2n1.[B].[H-].[Li+].[Na+].[OH-]. The molecular weight excluding hydrogens is 1090 g/mol. The Morgan fingerprint density at radius 2 is 0.821 bits per heavy atom. The van der Waals surface area contributed by atoms with Crippen LogP contribution in [0.1, 0.15) is 46.5 Å². The molecule has 0 amide bonds. The fourth-order valence-electron chi connectivity index (χ4n) is 6.38. The number of carbonyl (C=O) groups excluding carboxylic acids is 1. The first-order chi connectivity index (χ1) is 34.3. The number of nitrogens with zero attached hydrogens (tertiary/aromatic N) is 5. The summed E-state index contributed by atoms with van der Waals surface area (Å²) in [5, 5.41) is 34.4. The topological polar surface area (TPSA) is 209 Å². The van der Waals surface area contributed by atoms with Gasteiger partial charge in [-0.15, -0.1) is 12.4 Å². The monoisotopic (exact) mass is 1130 g/mol. The number of nitriles is 1. The summed E-state index contributed by atoms with van der Waals surface area (Å²) in [6, 6.07) is 27.4. The summed E-state index contributed by atoms with van der Waals surface area (Å²) < 4.78 is 154. The van der Waals surface area contributed by atoms with E-state index in [0.717, 1.165) is 55.6 Å². The van der Waals surface area contributed by atoms with Gasteiger partial charge in [0.25, 0.3) is 0 Å². The average molecular weight is 1130 g/mol. The number of aromatic nitrogens is 4. The first kappa shape index (κ1) is 74.0. The van der Waals surface area contributed by atoms with Gasteiger partial charge in [-0.2, -0.15) is 57.9 Å². The Kier molecular flexibility index (Phi) is 31.1. The second kappa shape index (κ2) is 32.7. The van der Waals surface area contributed by atoms with Crippen molar-refractivity contribution in [3.8, 4) is 6.07 Å². The van der Waals surface area contributed by atoms with Gasteiger partial charge < -0.3 is 27.0 Å². The van der Waals surface area contributed by atoms with Gasteiger partial charge in [0, 0.05) is 55.8 Å². The molecule has 28 heteroatoms. The maximum absolute atomic E-state index is 12.5. The molecule has 0 spiro atoms. The van der Waals surface area contributed by atoms with Gasteiger partial charge in [0.1, 0.15) is 0 Å². The second-order valence-corrected chi connectivity index (χ2v) is 15.0. The van der Waals surface area contributed by atoms with Crippen LogP contribution < -0.4 is 48.4 Å². The molecule has 3 radical (unpaired) electrons. The number of esters is 1. The Balaban J connectivity index is -0.000000941. The Hall–Kier alpha value is -6.06. The van der Waals surface area contributed by atoms with E-state index in [-0.39, 0.29) is 102 Å². The number of aliphatic hydroxyl groups excluding tert-OH is 2. The largest absolute Gasteiger partial charge is 1.00 e. The van der Waals surface area contributed by atoms with Gasteiger partial charge in [-0.25, -0.2) is 0 Å². The van der Waals surface area contributed by atoms with Crippen molar-refractivity contribution in [2.24, 2.45) is 0 Å². The van der Waals surface area contributed by atoms with E-state index in [1.54, 1.807) is 24.3 Å². The quantitative estimate of drug-likeness (QED) is 0.102. The average Bonchev–Trinajstić information content (AvgIpc) is 3.33. The van der Waals surface area contributed by atoms with Crippen LogP contribution in [-0.2, 0) is 64.7 Å². The molecule has 0 bridgehead atoms. The molecule has 4 N–H and O–H groups in total. The van der Waals surface area contributed by atoms with Gasteiger partial charge in [0.05, 0.1) is 93.8 Å². The van der Waals surface area contributed by atoms with Crippen LogP contribution in [0, 0.1) is 11.3 Å². The summed E-state index contributed by atoms with van der Waals surface area (Å²) in [6.45, 7) is -0.0286. The molecule has 8 rings (SSSR count). The van der Waals surface area contributed by atoms with E-state index < -0.39 is 58.9 Å². The van der Waals surface area contributed by atoms with Gasteiger partial charge in [0.2, 0.25) is 0 Å². The zero-order valence-electron chi connectivity index (χ0n) is 42.4. The Labute approximate surface area is 480 Å². The molecule has 0 aliphatic rings. The third-order valence-corrected chi connectivity index (χ3v) is 9.81. The van der Waals surface area contributed by atoms with Crippen LogP contribution in [0.5, 0.6) is 0 Å². The van der Waals surface area contributed by atoms with Gasteiger partial charge >= 0.3 is 85.1 Å². The summed E-state index contributed by atoms with van der Waals surface area (Å²) in [4.78, 5) is 38.0. The number of fused-ring (bicyclic) bond motifs is 4. The number of methoxy groups -OCH3 is 1. The zero-order valence-corrected chi connectivity index (χ0v) is 44.2. The number of hydrogen-bond acceptors (Lipinski definition) is 11. The summed E-state index contributed by atoms with van der Waals surface area (Å²) in [5.41, 5.74) is 0.881. The van der Waals surface area contributed by atoms with E-state index in [1.165, 1.54) is 55.6 Å². The number of benzene rings is 4. The molecule has 8 aromatic rings. The second-order valence-electron chi connectivity index (χ2n) is 15.0. The van der Waals surface area contributed by atoms with Crippen LogP contribution >= 0.6 is 12.4 Å².